The van der Waals surface area contributed by atoms with Crippen molar-refractivity contribution in [2.75, 3.05) is 5.32 Å². The number of rotatable bonds is 10. The van der Waals surface area contributed by atoms with Gasteiger partial charge in [-0.25, -0.2) is 9.78 Å². The first-order valence-corrected chi connectivity index (χ1v) is 12.3. The van der Waals surface area contributed by atoms with Crippen molar-refractivity contribution in [3.05, 3.63) is 119 Å². The molecule has 0 aliphatic carbocycles. The zero-order valence-corrected chi connectivity index (χ0v) is 20.4. The first kappa shape index (κ1) is 24.2. The van der Waals surface area contributed by atoms with Gasteiger partial charge in [0.25, 0.3) is 0 Å². The second-order valence-corrected chi connectivity index (χ2v) is 8.94. The molecule has 0 aliphatic heterocycles. The highest BCUT2D eigenvalue weighted by molar-refractivity contribution is 7.14. The van der Waals surface area contributed by atoms with E-state index in [4.69, 9.17) is 4.84 Å². The molecule has 3 aromatic carbocycles. The van der Waals surface area contributed by atoms with E-state index in [1.807, 2.05) is 68.4 Å². The molecular formula is C28H27N3O3S. The van der Waals surface area contributed by atoms with Crippen molar-refractivity contribution < 1.29 is 14.7 Å². The Hall–Kier alpha value is -3.97. The predicted octanol–water partition coefficient (Wildman–Crippen LogP) is 6.15. The van der Waals surface area contributed by atoms with Crippen molar-refractivity contribution in [3.63, 3.8) is 0 Å². The molecule has 4 rings (SSSR count). The van der Waals surface area contributed by atoms with E-state index >= 15 is 0 Å². The van der Waals surface area contributed by atoms with Crippen LogP contribution in [0.1, 0.15) is 42.7 Å². The summed E-state index contributed by atoms with van der Waals surface area (Å²) in [5.41, 5.74) is 2.35. The molecule has 4 aromatic rings. The van der Waals surface area contributed by atoms with E-state index in [1.165, 1.54) is 11.3 Å². The van der Waals surface area contributed by atoms with E-state index in [-0.39, 0.29) is 17.5 Å². The van der Waals surface area contributed by atoms with Gasteiger partial charge in [-0.15, -0.1) is 11.3 Å². The Kier molecular flexibility index (Phi) is 7.57. The molecule has 0 saturated carbocycles. The van der Waals surface area contributed by atoms with Crippen LogP contribution in [0, 0.1) is 0 Å². The normalized spacial score (nSPS) is 12.7. The number of carbonyl (C=O) groups is 1. The van der Waals surface area contributed by atoms with Gasteiger partial charge in [-0.2, -0.15) is 0 Å². The number of oxime groups is 1. The number of benzene rings is 3. The fourth-order valence-electron chi connectivity index (χ4n) is 3.79. The average Bonchev–Trinajstić information content (AvgIpc) is 3.36. The Morgan fingerprint density at radius 1 is 0.971 bits per heavy atom. The Morgan fingerprint density at radius 2 is 1.46 bits per heavy atom. The largest absolute Gasteiger partial charge is 0.476 e. The Labute approximate surface area is 208 Å². The number of hydrogen-bond acceptors (Lipinski definition) is 6. The molecule has 1 unspecified atom stereocenters. The second-order valence-electron chi connectivity index (χ2n) is 8.08. The monoisotopic (exact) mass is 485 g/mol. The molecule has 35 heavy (non-hydrogen) atoms. The van der Waals surface area contributed by atoms with Crippen LogP contribution in [-0.4, -0.2) is 27.9 Å². The molecule has 7 heteroatoms. The molecule has 0 spiro atoms. The van der Waals surface area contributed by atoms with Crippen molar-refractivity contribution >= 4 is 28.1 Å². The van der Waals surface area contributed by atoms with E-state index in [2.05, 4.69) is 51.9 Å². The summed E-state index contributed by atoms with van der Waals surface area (Å²) < 4.78 is 0. The molecule has 0 radical (unpaired) electrons. The van der Waals surface area contributed by atoms with Crippen molar-refractivity contribution in [2.24, 2.45) is 5.16 Å². The third-order valence-electron chi connectivity index (χ3n) is 5.76. The molecule has 6 nitrogen and oxygen atoms in total. The maximum atomic E-state index is 11.9. The van der Waals surface area contributed by atoms with Gasteiger partial charge in [0.05, 0.1) is 0 Å². The average molecular weight is 486 g/mol. The number of carboxylic acid groups (broad SMARTS) is 1. The zero-order chi connectivity index (χ0) is 24.7. The second kappa shape index (κ2) is 11.0. The third kappa shape index (κ3) is 5.25. The summed E-state index contributed by atoms with van der Waals surface area (Å²) in [6.07, 6.45) is 0.524. The highest BCUT2D eigenvalue weighted by Crippen LogP contribution is 2.40. The van der Waals surface area contributed by atoms with Gasteiger partial charge in [0, 0.05) is 5.38 Å². The van der Waals surface area contributed by atoms with Gasteiger partial charge in [-0.3, -0.25) is 0 Å². The quantitative estimate of drug-likeness (QED) is 0.160. The van der Waals surface area contributed by atoms with Crippen LogP contribution in [0.25, 0.3) is 0 Å². The summed E-state index contributed by atoms with van der Waals surface area (Å²) in [7, 11) is 0. The number of aliphatic carboxylic acids is 1. The van der Waals surface area contributed by atoms with E-state index in [0.717, 1.165) is 16.7 Å². The van der Waals surface area contributed by atoms with Gasteiger partial charge in [-0.1, -0.05) is 103 Å². The number of hydrogen-bond donors (Lipinski definition) is 2. The van der Waals surface area contributed by atoms with Crippen molar-refractivity contribution in [1.29, 1.82) is 0 Å². The molecule has 0 saturated heterocycles. The maximum absolute atomic E-state index is 11.9. The molecule has 2 N–H and O–H groups in total. The topological polar surface area (TPSA) is 83.8 Å². The maximum Gasteiger partial charge on any atom is 0.360 e. The summed E-state index contributed by atoms with van der Waals surface area (Å²) in [6.45, 7) is 3.78. The van der Waals surface area contributed by atoms with E-state index in [9.17, 15) is 9.90 Å². The van der Waals surface area contributed by atoms with Crippen LogP contribution in [0.4, 0.5) is 5.13 Å². The molecule has 1 heterocycles. The molecule has 1 aromatic heterocycles. The molecular weight excluding hydrogens is 458 g/mol. The smallest absolute Gasteiger partial charge is 0.360 e. The van der Waals surface area contributed by atoms with Crippen LogP contribution in [0.5, 0.6) is 0 Å². The van der Waals surface area contributed by atoms with Gasteiger partial charge in [0.15, 0.2) is 5.13 Å². The van der Waals surface area contributed by atoms with Gasteiger partial charge in [-0.05, 0) is 30.0 Å². The Morgan fingerprint density at radius 3 is 1.89 bits per heavy atom. The lowest BCUT2D eigenvalue weighted by atomic mass is 9.77. The molecule has 0 amide bonds. The van der Waals surface area contributed by atoms with Crippen LogP contribution in [-0.2, 0) is 15.2 Å². The minimum absolute atomic E-state index is 0.192. The third-order valence-corrected chi connectivity index (χ3v) is 6.52. The highest BCUT2D eigenvalue weighted by atomic mass is 32.1. The van der Waals surface area contributed by atoms with Crippen LogP contribution < -0.4 is 5.32 Å². The number of anilines is 1. The van der Waals surface area contributed by atoms with Crippen LogP contribution in [0.15, 0.2) is 102 Å². The lowest BCUT2D eigenvalue weighted by molar-refractivity contribution is -0.129. The fourth-order valence-corrected chi connectivity index (χ4v) is 4.54. The summed E-state index contributed by atoms with van der Waals surface area (Å²) in [5, 5.41) is 19.5. The fraction of sp³-hybridized carbons (Fsp3) is 0.179. The summed E-state index contributed by atoms with van der Waals surface area (Å²) >= 11 is 1.32. The Bertz CT molecular complexity index is 1180. The minimum atomic E-state index is -1.19. The highest BCUT2D eigenvalue weighted by Gasteiger charge is 2.37. The van der Waals surface area contributed by atoms with Gasteiger partial charge < -0.3 is 15.3 Å². The lowest BCUT2D eigenvalue weighted by Crippen LogP contribution is -2.38. The lowest BCUT2D eigenvalue weighted by Gasteiger charge is -2.36. The molecule has 0 aliphatic rings. The van der Waals surface area contributed by atoms with Gasteiger partial charge >= 0.3 is 5.97 Å². The number of aromatic nitrogens is 1. The van der Waals surface area contributed by atoms with Crippen LogP contribution >= 0.6 is 11.3 Å². The number of nitrogens with zero attached hydrogens (tertiary/aromatic N) is 2. The first-order chi connectivity index (χ1) is 17.0. The van der Waals surface area contributed by atoms with Gasteiger partial charge in [0.1, 0.15) is 17.3 Å². The van der Waals surface area contributed by atoms with Crippen molar-refractivity contribution in [1.82, 2.24) is 4.98 Å². The van der Waals surface area contributed by atoms with E-state index < -0.39 is 11.5 Å². The van der Waals surface area contributed by atoms with E-state index in [1.54, 1.807) is 5.38 Å². The number of carboxylic acids is 1. The molecule has 1 atom stereocenters. The summed E-state index contributed by atoms with van der Waals surface area (Å²) in [5.74, 6) is -1.19. The standard InChI is InChI=1S/C28H27N3O3S/c1-3-20(2)34-31-25(26(32)33)24-19-35-27(29-24)30-28(21-13-7-4-8-14-21,22-15-9-5-10-16-22)23-17-11-6-12-18-23/h4-20H,3H2,1-2H3,(H,29,30)(H,32,33). The zero-order valence-electron chi connectivity index (χ0n) is 19.6. The summed E-state index contributed by atoms with van der Waals surface area (Å²) in [4.78, 5) is 21.8. The summed E-state index contributed by atoms with van der Waals surface area (Å²) in [6, 6.07) is 30.4. The van der Waals surface area contributed by atoms with Gasteiger partial charge in [0.2, 0.25) is 5.71 Å². The first-order valence-electron chi connectivity index (χ1n) is 11.4. The number of thiazole rings is 1. The molecule has 0 bridgehead atoms. The van der Waals surface area contributed by atoms with Crippen molar-refractivity contribution in [2.45, 2.75) is 31.9 Å². The molecule has 0 fully saturated rings. The SMILES string of the molecule is CCC(C)ON=C(C(=O)O)c1csc(NC(c2ccccc2)(c2ccccc2)c2ccccc2)n1. The molecule has 178 valence electrons. The number of nitrogens with one attached hydrogen (secondary N) is 1. The van der Waals surface area contributed by atoms with Crippen LogP contribution in [0.3, 0.4) is 0 Å². The van der Waals surface area contributed by atoms with Crippen LogP contribution in [0.2, 0.25) is 0 Å². The minimum Gasteiger partial charge on any atom is -0.476 e. The predicted molar refractivity (Wildman–Crippen MR) is 140 cm³/mol. The van der Waals surface area contributed by atoms with E-state index in [0.29, 0.717) is 11.6 Å². The Balaban J connectivity index is 1.83. The van der Waals surface area contributed by atoms with Crippen molar-refractivity contribution in [3.8, 4) is 0 Å².